The summed E-state index contributed by atoms with van der Waals surface area (Å²) in [5, 5.41) is 18.8. The zero-order valence-electron chi connectivity index (χ0n) is 16.6. The number of nitrogens with zero attached hydrogens (tertiary/aromatic N) is 3. The zero-order chi connectivity index (χ0) is 23.0. The summed E-state index contributed by atoms with van der Waals surface area (Å²) in [6.45, 7) is 1.97. The van der Waals surface area contributed by atoms with E-state index in [9.17, 15) is 23.1 Å². The third-order valence-electron chi connectivity index (χ3n) is 4.64. The molecule has 1 aromatic carbocycles. The lowest BCUT2D eigenvalue weighted by molar-refractivity contribution is 0.102. The van der Waals surface area contributed by atoms with Crippen molar-refractivity contribution in [3.05, 3.63) is 74.6 Å². The van der Waals surface area contributed by atoms with Crippen molar-refractivity contribution in [3.63, 3.8) is 0 Å². The molecule has 0 radical (unpaired) electrons. The van der Waals surface area contributed by atoms with E-state index in [1.807, 2.05) is 6.92 Å². The second kappa shape index (κ2) is 8.15. The van der Waals surface area contributed by atoms with Gasteiger partial charge in [0.05, 0.1) is 22.8 Å². The lowest BCUT2D eigenvalue weighted by Gasteiger charge is -2.15. The number of nitrogens with two attached hydrogens (primary N) is 1. The summed E-state index contributed by atoms with van der Waals surface area (Å²) in [5.41, 5.74) is -1.05. The maximum Gasteiger partial charge on any atom is 0.268 e. The number of fused-ring (bicyclic) bond motifs is 1. The Morgan fingerprint density at radius 2 is 1.97 bits per heavy atom. The molecule has 4 aromatic rings. The van der Waals surface area contributed by atoms with Gasteiger partial charge >= 0.3 is 0 Å². The Morgan fingerprint density at radius 3 is 2.66 bits per heavy atom. The van der Waals surface area contributed by atoms with E-state index in [0.29, 0.717) is 5.52 Å². The van der Waals surface area contributed by atoms with E-state index >= 15 is 0 Å². The maximum atomic E-state index is 13.3. The van der Waals surface area contributed by atoms with Crippen LogP contribution in [-0.2, 0) is 16.6 Å². The minimum atomic E-state index is -4.24. The summed E-state index contributed by atoms with van der Waals surface area (Å²) in [4.78, 5) is 35.0. The molecular formula is C20H17N5O5S2. The highest BCUT2D eigenvalue weighted by Crippen LogP contribution is 2.28. The minimum absolute atomic E-state index is 0.140. The number of aromatic hydroxyl groups is 1. The Bertz CT molecular complexity index is 1530. The Hall–Kier alpha value is -3.61. The molecule has 0 saturated heterocycles. The van der Waals surface area contributed by atoms with Gasteiger partial charge in [-0.15, -0.1) is 11.3 Å². The molecule has 3 aromatic heterocycles. The second-order valence-electron chi connectivity index (χ2n) is 6.83. The van der Waals surface area contributed by atoms with Gasteiger partial charge in [0.25, 0.3) is 21.5 Å². The third-order valence-corrected chi connectivity index (χ3v) is 6.41. The molecule has 4 N–H and O–H groups in total. The molecule has 3 heterocycles. The molecule has 4 rings (SSSR count). The van der Waals surface area contributed by atoms with Gasteiger partial charge in [0, 0.05) is 22.7 Å². The fraction of sp³-hybridized carbons (Fsp3) is 0.100. The van der Waals surface area contributed by atoms with Crippen LogP contribution in [0.3, 0.4) is 0 Å². The second-order valence-corrected chi connectivity index (χ2v) is 9.63. The van der Waals surface area contributed by atoms with Gasteiger partial charge in [-0.05, 0) is 31.2 Å². The number of primary sulfonamides is 1. The first-order chi connectivity index (χ1) is 15.2. The molecule has 32 heavy (non-hydrogen) atoms. The maximum absolute atomic E-state index is 13.3. The molecule has 0 fully saturated rings. The van der Waals surface area contributed by atoms with Gasteiger partial charge in [-0.2, -0.15) is 0 Å². The number of rotatable bonds is 5. The Labute approximate surface area is 186 Å². The number of nitrogens with one attached hydrogen (secondary N) is 1. The smallest absolute Gasteiger partial charge is 0.268 e. The highest BCUT2D eigenvalue weighted by molar-refractivity contribution is 7.89. The van der Waals surface area contributed by atoms with Gasteiger partial charge in [-0.1, -0.05) is 12.1 Å². The number of sulfonamides is 1. The average molecular weight is 472 g/mol. The van der Waals surface area contributed by atoms with Crippen LogP contribution in [0.5, 0.6) is 5.75 Å². The Kier molecular flexibility index (Phi) is 5.50. The van der Waals surface area contributed by atoms with Gasteiger partial charge in [-0.25, -0.2) is 23.5 Å². The summed E-state index contributed by atoms with van der Waals surface area (Å²) in [6, 6.07) is 9.29. The molecule has 1 amide bonds. The number of thiazole rings is 1. The van der Waals surface area contributed by atoms with Gasteiger partial charge in [-0.3, -0.25) is 9.59 Å². The SMILES string of the molecule is Cc1ncc(Cn2c(=O)c(C(=O)Nc3cccnc3S(N)(=O)=O)c(O)c3ccccc32)s1. The van der Waals surface area contributed by atoms with E-state index < -0.39 is 37.8 Å². The molecule has 164 valence electrons. The van der Waals surface area contributed by atoms with E-state index in [2.05, 4.69) is 15.3 Å². The Morgan fingerprint density at radius 1 is 1.22 bits per heavy atom. The van der Waals surface area contributed by atoms with Crippen LogP contribution in [-0.4, -0.2) is 34.0 Å². The molecule has 0 aliphatic heterocycles. The molecule has 10 nitrogen and oxygen atoms in total. The Balaban J connectivity index is 1.86. The van der Waals surface area contributed by atoms with Crippen LogP contribution in [0.25, 0.3) is 10.9 Å². The largest absolute Gasteiger partial charge is 0.506 e. The molecule has 0 aliphatic rings. The fourth-order valence-corrected chi connectivity index (χ4v) is 4.70. The van der Waals surface area contributed by atoms with Crippen LogP contribution in [0.1, 0.15) is 20.2 Å². The van der Waals surface area contributed by atoms with E-state index in [4.69, 9.17) is 5.14 Å². The minimum Gasteiger partial charge on any atom is -0.506 e. The number of benzene rings is 1. The molecule has 0 saturated carbocycles. The van der Waals surface area contributed by atoms with Crippen LogP contribution in [0.4, 0.5) is 5.69 Å². The zero-order valence-corrected chi connectivity index (χ0v) is 18.3. The quantitative estimate of drug-likeness (QED) is 0.400. The summed E-state index contributed by atoms with van der Waals surface area (Å²) in [5.74, 6) is -1.51. The number of carbonyl (C=O) groups excluding carboxylic acids is 1. The predicted octanol–water partition coefficient (Wildman–Crippen LogP) is 1.82. The number of aromatic nitrogens is 3. The van der Waals surface area contributed by atoms with E-state index in [0.717, 1.165) is 9.88 Å². The van der Waals surface area contributed by atoms with Crippen LogP contribution in [0.15, 0.2) is 58.6 Å². The highest BCUT2D eigenvalue weighted by Gasteiger charge is 2.25. The number of pyridine rings is 2. The monoisotopic (exact) mass is 471 g/mol. The van der Waals surface area contributed by atoms with E-state index in [1.54, 1.807) is 30.5 Å². The standard InChI is InChI=1S/C20H17N5O5S2/c1-11-23-9-12(31-11)10-25-15-7-3-2-5-13(15)17(26)16(20(25)28)18(27)24-14-6-4-8-22-19(14)32(21,29)30/h2-9,26H,10H2,1H3,(H,24,27)(H2,21,29,30). The lowest BCUT2D eigenvalue weighted by Crippen LogP contribution is -2.30. The van der Waals surface area contributed by atoms with Crippen molar-refractivity contribution < 1.29 is 18.3 Å². The van der Waals surface area contributed by atoms with Crippen LogP contribution < -0.4 is 16.0 Å². The first kappa shape index (κ1) is 21.6. The summed E-state index contributed by atoms with van der Waals surface area (Å²) in [7, 11) is -4.24. The highest BCUT2D eigenvalue weighted by atomic mass is 32.2. The molecule has 0 bridgehead atoms. The molecule has 0 spiro atoms. The average Bonchev–Trinajstić information content (AvgIpc) is 3.15. The first-order valence-electron chi connectivity index (χ1n) is 9.22. The summed E-state index contributed by atoms with van der Waals surface area (Å²) < 4.78 is 24.9. The number of para-hydroxylation sites is 1. The van der Waals surface area contributed by atoms with Crippen LogP contribution >= 0.6 is 11.3 Å². The van der Waals surface area contributed by atoms with Gasteiger partial charge in [0.15, 0.2) is 5.03 Å². The topological polar surface area (TPSA) is 157 Å². The van der Waals surface area contributed by atoms with Crippen molar-refractivity contribution >= 4 is 43.9 Å². The van der Waals surface area contributed by atoms with Gasteiger partial charge < -0.3 is 15.0 Å². The molecule has 0 aliphatic carbocycles. The summed E-state index contributed by atoms with van der Waals surface area (Å²) >= 11 is 1.40. The predicted molar refractivity (Wildman–Crippen MR) is 119 cm³/mol. The van der Waals surface area contributed by atoms with Crippen molar-refractivity contribution in [3.8, 4) is 5.75 Å². The van der Waals surface area contributed by atoms with Crippen LogP contribution in [0.2, 0.25) is 0 Å². The number of carbonyl (C=O) groups is 1. The van der Waals surface area contributed by atoms with Crippen molar-refractivity contribution in [2.24, 2.45) is 5.14 Å². The third kappa shape index (κ3) is 3.98. The number of hydrogen-bond donors (Lipinski definition) is 3. The van der Waals surface area contributed by atoms with Gasteiger partial charge in [0.2, 0.25) is 0 Å². The number of anilines is 1. The molecule has 0 unspecified atom stereocenters. The molecule has 12 heteroatoms. The molecule has 0 atom stereocenters. The normalized spacial score (nSPS) is 11.6. The van der Waals surface area contributed by atoms with Crippen molar-refractivity contribution in [2.45, 2.75) is 18.5 Å². The summed E-state index contributed by atoms with van der Waals surface area (Å²) in [6.07, 6.45) is 2.84. The fourth-order valence-electron chi connectivity index (χ4n) is 3.28. The lowest BCUT2D eigenvalue weighted by atomic mass is 10.1. The number of aryl methyl sites for hydroxylation is 1. The van der Waals surface area contributed by atoms with Crippen molar-refractivity contribution in [1.82, 2.24) is 14.5 Å². The van der Waals surface area contributed by atoms with Crippen molar-refractivity contribution in [1.29, 1.82) is 0 Å². The van der Waals surface area contributed by atoms with E-state index in [1.165, 1.54) is 34.2 Å². The van der Waals surface area contributed by atoms with E-state index in [-0.39, 0.29) is 17.6 Å². The van der Waals surface area contributed by atoms with Crippen LogP contribution in [0, 0.1) is 6.92 Å². The number of amides is 1. The van der Waals surface area contributed by atoms with Crippen molar-refractivity contribution in [2.75, 3.05) is 5.32 Å². The first-order valence-corrected chi connectivity index (χ1v) is 11.6. The van der Waals surface area contributed by atoms with Gasteiger partial charge in [0.1, 0.15) is 11.3 Å². The number of hydrogen-bond acceptors (Lipinski definition) is 8. The molecular weight excluding hydrogens is 454 g/mol.